The highest BCUT2D eigenvalue weighted by Gasteiger charge is 2.23. The molecule has 4 heteroatoms. The van der Waals surface area contributed by atoms with Crippen LogP contribution in [-0.2, 0) is 19.4 Å². The number of aromatic nitrogens is 2. The third-order valence-electron chi connectivity index (χ3n) is 3.96. The summed E-state index contributed by atoms with van der Waals surface area (Å²) in [7, 11) is 0. The fourth-order valence-electron chi connectivity index (χ4n) is 2.85. The Morgan fingerprint density at radius 3 is 2.20 bits per heavy atom. The lowest BCUT2D eigenvalue weighted by atomic mass is 9.90. The molecule has 3 nitrogen and oxygen atoms in total. The van der Waals surface area contributed by atoms with Crippen LogP contribution in [0.3, 0.4) is 0 Å². The summed E-state index contributed by atoms with van der Waals surface area (Å²) < 4.78 is 1.94. The third-order valence-corrected chi connectivity index (χ3v) is 4.40. The minimum absolute atomic E-state index is 0.320. The average Bonchev–Trinajstić information content (AvgIpc) is 2.75. The Morgan fingerprint density at radius 2 is 1.75 bits per heavy atom. The highest BCUT2D eigenvalue weighted by molar-refractivity contribution is 6.31. The molecule has 116 valence electrons. The number of halogens is 1. The van der Waals surface area contributed by atoms with E-state index in [1.54, 1.807) is 0 Å². The van der Waals surface area contributed by atoms with Gasteiger partial charge in [0, 0.05) is 13.0 Å². The Hall–Kier alpha value is -0.540. The van der Waals surface area contributed by atoms with Gasteiger partial charge in [0.2, 0.25) is 0 Å². The number of hydrogen-bond acceptors (Lipinski definition) is 2. The second-order valence-electron chi connectivity index (χ2n) is 5.49. The fourth-order valence-corrected chi connectivity index (χ4v) is 3.19. The lowest BCUT2D eigenvalue weighted by molar-refractivity contribution is 0.0943. The van der Waals surface area contributed by atoms with Crippen molar-refractivity contribution in [1.82, 2.24) is 9.78 Å². The molecule has 1 heterocycles. The normalized spacial score (nSPS) is 13.2. The van der Waals surface area contributed by atoms with Crippen molar-refractivity contribution in [2.75, 3.05) is 0 Å². The standard InChI is InChI=1S/C16H29ClN2O/c1-5-9-12(10-6-2)15(20)11-14-16(17)13(7-3)18-19(14)8-4/h12,15,20H,5-11H2,1-4H3. The van der Waals surface area contributed by atoms with Gasteiger partial charge in [0.25, 0.3) is 0 Å². The Labute approximate surface area is 128 Å². The lowest BCUT2D eigenvalue weighted by Gasteiger charge is -2.22. The summed E-state index contributed by atoms with van der Waals surface area (Å²) >= 11 is 6.42. The molecule has 0 aromatic carbocycles. The number of hydrogen-bond donors (Lipinski definition) is 1. The zero-order chi connectivity index (χ0) is 15.1. The number of aliphatic hydroxyl groups excluding tert-OH is 1. The molecule has 0 aliphatic rings. The minimum atomic E-state index is -0.320. The summed E-state index contributed by atoms with van der Waals surface area (Å²) in [5.41, 5.74) is 1.94. The summed E-state index contributed by atoms with van der Waals surface area (Å²) in [6, 6.07) is 0. The van der Waals surface area contributed by atoms with E-state index in [4.69, 9.17) is 11.6 Å². The first-order chi connectivity index (χ1) is 9.58. The lowest BCUT2D eigenvalue weighted by Crippen LogP contribution is -2.24. The molecule has 1 aromatic rings. The number of rotatable bonds is 9. The maximum atomic E-state index is 10.6. The van der Waals surface area contributed by atoms with E-state index in [0.29, 0.717) is 12.3 Å². The molecule has 1 aromatic heterocycles. The molecule has 0 aliphatic heterocycles. The maximum Gasteiger partial charge on any atom is 0.0850 e. The fraction of sp³-hybridized carbons (Fsp3) is 0.812. The zero-order valence-corrected chi connectivity index (χ0v) is 14.1. The molecule has 0 saturated heterocycles. The summed E-state index contributed by atoms with van der Waals surface area (Å²) in [6.45, 7) is 9.27. The SMILES string of the molecule is CCCC(CCC)C(O)Cc1c(Cl)c(CC)nn1CC. The van der Waals surface area contributed by atoms with Gasteiger partial charge in [-0.15, -0.1) is 0 Å². The van der Waals surface area contributed by atoms with Gasteiger partial charge in [0.05, 0.1) is 22.5 Å². The quantitative estimate of drug-likeness (QED) is 0.741. The molecular weight excluding hydrogens is 272 g/mol. The van der Waals surface area contributed by atoms with Crippen molar-refractivity contribution < 1.29 is 5.11 Å². The Kier molecular flexibility index (Phi) is 7.60. The predicted molar refractivity (Wildman–Crippen MR) is 85.3 cm³/mol. The topological polar surface area (TPSA) is 38.1 Å². The van der Waals surface area contributed by atoms with Gasteiger partial charge >= 0.3 is 0 Å². The average molecular weight is 301 g/mol. The van der Waals surface area contributed by atoms with Gasteiger partial charge in [0.15, 0.2) is 0 Å². The highest BCUT2D eigenvalue weighted by Crippen LogP contribution is 2.26. The number of nitrogens with zero attached hydrogens (tertiary/aromatic N) is 2. The van der Waals surface area contributed by atoms with Crippen molar-refractivity contribution in [3.63, 3.8) is 0 Å². The molecule has 1 unspecified atom stereocenters. The molecule has 1 N–H and O–H groups in total. The van der Waals surface area contributed by atoms with E-state index in [0.717, 1.165) is 55.1 Å². The van der Waals surface area contributed by atoms with Crippen LogP contribution in [0.5, 0.6) is 0 Å². The van der Waals surface area contributed by atoms with Crippen LogP contribution in [0.25, 0.3) is 0 Å². The maximum absolute atomic E-state index is 10.6. The smallest absolute Gasteiger partial charge is 0.0850 e. The molecule has 1 rings (SSSR count). The van der Waals surface area contributed by atoms with E-state index in [-0.39, 0.29) is 6.10 Å². The largest absolute Gasteiger partial charge is 0.392 e. The van der Waals surface area contributed by atoms with E-state index in [1.165, 1.54) is 0 Å². The first kappa shape index (κ1) is 17.5. The Bertz CT molecular complexity index is 397. The van der Waals surface area contributed by atoms with Gasteiger partial charge in [0.1, 0.15) is 0 Å². The van der Waals surface area contributed by atoms with Crippen molar-refractivity contribution in [2.24, 2.45) is 5.92 Å². The van der Waals surface area contributed by atoms with Crippen LogP contribution in [0, 0.1) is 5.92 Å². The van der Waals surface area contributed by atoms with Crippen LogP contribution in [0.1, 0.15) is 64.8 Å². The monoisotopic (exact) mass is 300 g/mol. The van der Waals surface area contributed by atoms with E-state index in [9.17, 15) is 5.11 Å². The molecule has 20 heavy (non-hydrogen) atoms. The molecule has 0 spiro atoms. The van der Waals surface area contributed by atoms with Crippen LogP contribution < -0.4 is 0 Å². The van der Waals surface area contributed by atoms with Crippen molar-refractivity contribution in [1.29, 1.82) is 0 Å². The summed E-state index contributed by atoms with van der Waals surface area (Å²) in [5, 5.41) is 15.8. The van der Waals surface area contributed by atoms with Crippen LogP contribution in [0.15, 0.2) is 0 Å². The molecule has 0 fully saturated rings. The number of aryl methyl sites for hydroxylation is 2. The second kappa shape index (κ2) is 8.68. The van der Waals surface area contributed by atoms with Gasteiger partial charge in [-0.25, -0.2) is 0 Å². The Balaban J connectivity index is 2.87. The van der Waals surface area contributed by atoms with Gasteiger partial charge in [-0.3, -0.25) is 4.68 Å². The second-order valence-corrected chi connectivity index (χ2v) is 5.86. The van der Waals surface area contributed by atoms with E-state index >= 15 is 0 Å². The van der Waals surface area contributed by atoms with Gasteiger partial charge < -0.3 is 5.11 Å². The van der Waals surface area contributed by atoms with Crippen molar-refractivity contribution in [3.8, 4) is 0 Å². The highest BCUT2D eigenvalue weighted by atomic mass is 35.5. The van der Waals surface area contributed by atoms with Gasteiger partial charge in [-0.1, -0.05) is 45.2 Å². The minimum Gasteiger partial charge on any atom is -0.392 e. The Morgan fingerprint density at radius 1 is 1.15 bits per heavy atom. The molecule has 1 atom stereocenters. The molecule has 0 aliphatic carbocycles. The first-order valence-corrected chi connectivity index (χ1v) is 8.38. The molecule has 0 radical (unpaired) electrons. The van der Waals surface area contributed by atoms with Crippen LogP contribution in [-0.4, -0.2) is 21.0 Å². The molecule has 0 saturated carbocycles. The van der Waals surface area contributed by atoms with E-state index in [1.807, 2.05) is 4.68 Å². The van der Waals surface area contributed by atoms with Crippen molar-refractivity contribution in [2.45, 2.75) is 78.9 Å². The van der Waals surface area contributed by atoms with Crippen LogP contribution in [0.2, 0.25) is 5.02 Å². The summed E-state index contributed by atoms with van der Waals surface area (Å²) in [6.07, 6.45) is 5.51. The van der Waals surface area contributed by atoms with Crippen molar-refractivity contribution in [3.05, 3.63) is 16.4 Å². The predicted octanol–water partition coefficient (Wildman–Crippen LogP) is 4.24. The number of aliphatic hydroxyl groups is 1. The first-order valence-electron chi connectivity index (χ1n) is 8.00. The summed E-state index contributed by atoms with van der Waals surface area (Å²) in [4.78, 5) is 0. The van der Waals surface area contributed by atoms with Crippen LogP contribution >= 0.6 is 11.6 Å². The molecular formula is C16H29ClN2O. The molecule has 0 bridgehead atoms. The van der Waals surface area contributed by atoms with E-state index in [2.05, 4.69) is 32.8 Å². The molecule has 0 amide bonds. The van der Waals surface area contributed by atoms with Crippen LogP contribution in [0.4, 0.5) is 0 Å². The zero-order valence-electron chi connectivity index (χ0n) is 13.3. The third kappa shape index (κ3) is 4.23. The summed E-state index contributed by atoms with van der Waals surface area (Å²) in [5.74, 6) is 0.367. The van der Waals surface area contributed by atoms with E-state index < -0.39 is 0 Å². The van der Waals surface area contributed by atoms with Gasteiger partial charge in [-0.2, -0.15) is 5.10 Å². The van der Waals surface area contributed by atoms with Gasteiger partial charge in [-0.05, 0) is 32.1 Å². The van der Waals surface area contributed by atoms with Crippen molar-refractivity contribution >= 4 is 11.6 Å².